The maximum atomic E-state index is 12.4. The number of nitro benzene ring substituents is 1. The number of carbonyl (C=O) groups is 2. The molecule has 1 atom stereocenters. The summed E-state index contributed by atoms with van der Waals surface area (Å²) in [5.74, 6) is -0.921. The molecule has 3 rings (SSSR count). The Kier molecular flexibility index (Phi) is 4.05. The average molecular weight is 342 g/mol. The maximum absolute atomic E-state index is 12.4. The normalized spacial score (nSPS) is 14.6. The van der Waals surface area contributed by atoms with E-state index in [1.807, 2.05) is 0 Å². The van der Waals surface area contributed by atoms with Crippen LogP contribution < -0.4 is 4.72 Å². The van der Waals surface area contributed by atoms with Gasteiger partial charge >= 0.3 is 0 Å². The minimum Gasteiger partial charge on any atom is -0.301 e. The Morgan fingerprint density at radius 2 is 1.71 bits per heavy atom. The van der Waals surface area contributed by atoms with Crippen molar-refractivity contribution in [3.8, 4) is 0 Å². The molecule has 1 N–H and O–H groups in total. The fraction of sp³-hybridized carbons (Fsp3) is 0. The van der Waals surface area contributed by atoms with Gasteiger partial charge in [0.1, 0.15) is 4.91 Å². The molecule has 120 valence electrons. The third-order valence-electron chi connectivity index (χ3n) is 3.39. The number of nitro groups is 1. The predicted molar refractivity (Wildman–Crippen MR) is 88.0 cm³/mol. The number of benzene rings is 2. The van der Waals surface area contributed by atoms with E-state index in [1.54, 1.807) is 12.1 Å². The Bertz CT molecular complexity index is 936. The van der Waals surface area contributed by atoms with Crippen LogP contribution in [0.5, 0.6) is 0 Å². The number of allylic oxidation sites excluding steroid dienone is 2. The summed E-state index contributed by atoms with van der Waals surface area (Å²) >= 11 is 0. The second kappa shape index (κ2) is 6.17. The molecule has 0 fully saturated rings. The van der Waals surface area contributed by atoms with Crippen molar-refractivity contribution in [1.29, 1.82) is 0 Å². The average Bonchev–Trinajstić information content (AvgIpc) is 2.58. The van der Waals surface area contributed by atoms with Gasteiger partial charge in [-0.15, -0.1) is 0 Å². The monoisotopic (exact) mass is 342 g/mol. The van der Waals surface area contributed by atoms with Crippen molar-refractivity contribution in [2.75, 3.05) is 4.72 Å². The summed E-state index contributed by atoms with van der Waals surface area (Å²) in [4.78, 5) is 34.5. The number of non-ortho nitro benzene ring substituents is 1. The highest BCUT2D eigenvalue weighted by atomic mass is 32.2. The maximum Gasteiger partial charge on any atom is 0.271 e. The molecule has 0 amide bonds. The third kappa shape index (κ3) is 2.86. The van der Waals surface area contributed by atoms with Crippen molar-refractivity contribution in [1.82, 2.24) is 0 Å². The summed E-state index contributed by atoms with van der Waals surface area (Å²) in [7, 11) is -2.02. The van der Waals surface area contributed by atoms with E-state index in [-0.39, 0.29) is 27.4 Å². The summed E-state index contributed by atoms with van der Waals surface area (Å²) in [6, 6.07) is 11.7. The number of rotatable bonds is 4. The lowest BCUT2D eigenvalue weighted by atomic mass is 9.95. The van der Waals surface area contributed by atoms with Gasteiger partial charge in [-0.3, -0.25) is 19.7 Å². The van der Waals surface area contributed by atoms with Crippen molar-refractivity contribution < 1.29 is 18.7 Å². The van der Waals surface area contributed by atoms with E-state index in [9.17, 15) is 23.9 Å². The second-order valence-corrected chi connectivity index (χ2v) is 6.11. The van der Waals surface area contributed by atoms with E-state index < -0.39 is 27.5 Å². The Morgan fingerprint density at radius 3 is 2.42 bits per heavy atom. The number of anilines is 1. The molecule has 8 heteroatoms. The van der Waals surface area contributed by atoms with Crippen LogP contribution in [-0.2, 0) is 11.0 Å². The molecule has 0 heterocycles. The minimum atomic E-state index is -2.02. The Hall–Kier alpha value is -3.13. The van der Waals surface area contributed by atoms with E-state index in [0.717, 1.165) is 6.08 Å². The van der Waals surface area contributed by atoms with Gasteiger partial charge in [0.2, 0.25) is 5.78 Å². The van der Waals surface area contributed by atoms with Gasteiger partial charge in [0.05, 0.1) is 10.6 Å². The van der Waals surface area contributed by atoms with E-state index in [1.165, 1.54) is 36.4 Å². The van der Waals surface area contributed by atoms with Crippen LogP contribution in [0, 0.1) is 10.1 Å². The van der Waals surface area contributed by atoms with Crippen molar-refractivity contribution >= 4 is 33.9 Å². The lowest BCUT2D eigenvalue weighted by molar-refractivity contribution is -0.384. The SMILES string of the molecule is O=C1C=C(S(=O)Nc2cccc([N+](=O)[O-])c2)C(=O)c2ccccc21. The van der Waals surface area contributed by atoms with Gasteiger partial charge in [0.25, 0.3) is 5.69 Å². The summed E-state index contributed by atoms with van der Waals surface area (Å²) < 4.78 is 14.9. The van der Waals surface area contributed by atoms with Crippen LogP contribution in [0.25, 0.3) is 0 Å². The minimum absolute atomic E-state index is 0.178. The lowest BCUT2D eigenvalue weighted by Gasteiger charge is -2.15. The van der Waals surface area contributed by atoms with E-state index in [2.05, 4.69) is 4.72 Å². The van der Waals surface area contributed by atoms with E-state index in [0.29, 0.717) is 0 Å². The first kappa shape index (κ1) is 15.8. The number of hydrogen-bond donors (Lipinski definition) is 1. The molecule has 0 saturated carbocycles. The zero-order chi connectivity index (χ0) is 17.3. The molecule has 7 nitrogen and oxygen atoms in total. The number of fused-ring (bicyclic) bond motifs is 1. The van der Waals surface area contributed by atoms with Crippen LogP contribution in [-0.4, -0.2) is 20.7 Å². The smallest absolute Gasteiger partial charge is 0.271 e. The molecule has 1 aliphatic carbocycles. The van der Waals surface area contributed by atoms with Gasteiger partial charge < -0.3 is 4.72 Å². The van der Waals surface area contributed by atoms with Crippen LogP contribution in [0.4, 0.5) is 11.4 Å². The van der Waals surface area contributed by atoms with Gasteiger partial charge in [-0.25, -0.2) is 4.21 Å². The van der Waals surface area contributed by atoms with Crippen LogP contribution in [0.15, 0.2) is 59.5 Å². The molecule has 1 unspecified atom stereocenters. The quantitative estimate of drug-likeness (QED) is 0.679. The molecule has 0 radical (unpaired) electrons. The molecule has 0 bridgehead atoms. The van der Waals surface area contributed by atoms with Crippen LogP contribution >= 0.6 is 0 Å². The molecule has 1 aliphatic rings. The number of hydrogen-bond acceptors (Lipinski definition) is 5. The second-order valence-electron chi connectivity index (χ2n) is 4.93. The number of nitrogens with one attached hydrogen (secondary N) is 1. The van der Waals surface area contributed by atoms with Crippen molar-refractivity contribution in [2.24, 2.45) is 0 Å². The zero-order valence-corrected chi connectivity index (χ0v) is 12.9. The Balaban J connectivity index is 1.89. The molecular weight excluding hydrogens is 332 g/mol. The van der Waals surface area contributed by atoms with Gasteiger partial charge in [0, 0.05) is 29.3 Å². The Morgan fingerprint density at radius 1 is 1.00 bits per heavy atom. The lowest BCUT2D eigenvalue weighted by Crippen LogP contribution is -2.22. The number of nitrogens with zero attached hydrogens (tertiary/aromatic N) is 1. The standard InChI is InChI=1S/C16H10N2O5S/c19-14-9-15(16(20)13-7-2-1-6-12(13)14)24(23)17-10-4-3-5-11(8-10)18(21)22/h1-9,17H. The highest BCUT2D eigenvalue weighted by molar-refractivity contribution is 7.91. The van der Waals surface area contributed by atoms with Crippen molar-refractivity contribution in [3.63, 3.8) is 0 Å². The number of Topliss-reactive ketones (excluding diaryl/α,β-unsaturated/α-hetero) is 1. The third-order valence-corrected chi connectivity index (χ3v) is 4.51. The topological polar surface area (TPSA) is 106 Å². The fourth-order valence-corrected chi connectivity index (χ4v) is 3.22. The fourth-order valence-electron chi connectivity index (χ4n) is 2.27. The van der Waals surface area contributed by atoms with E-state index >= 15 is 0 Å². The summed E-state index contributed by atoms with van der Waals surface area (Å²) in [5, 5.41) is 10.8. The molecule has 2 aromatic carbocycles. The highest BCUT2D eigenvalue weighted by Gasteiger charge is 2.28. The molecule has 0 saturated heterocycles. The van der Waals surface area contributed by atoms with Crippen molar-refractivity contribution in [2.45, 2.75) is 0 Å². The van der Waals surface area contributed by atoms with E-state index in [4.69, 9.17) is 0 Å². The first-order chi connectivity index (χ1) is 11.5. The summed E-state index contributed by atoms with van der Waals surface area (Å²) in [6.45, 7) is 0. The summed E-state index contributed by atoms with van der Waals surface area (Å²) in [6.07, 6.45) is 1.03. The first-order valence-corrected chi connectivity index (χ1v) is 7.95. The van der Waals surface area contributed by atoms with Gasteiger partial charge in [-0.1, -0.05) is 30.3 Å². The molecule has 2 aromatic rings. The highest BCUT2D eigenvalue weighted by Crippen LogP contribution is 2.25. The zero-order valence-electron chi connectivity index (χ0n) is 12.1. The predicted octanol–water partition coefficient (Wildman–Crippen LogP) is 2.63. The summed E-state index contributed by atoms with van der Waals surface area (Å²) in [5.41, 5.74) is 0.484. The molecule has 24 heavy (non-hydrogen) atoms. The number of ketones is 2. The van der Waals surface area contributed by atoms with Gasteiger partial charge in [-0.2, -0.15) is 0 Å². The van der Waals surface area contributed by atoms with Crippen molar-refractivity contribution in [3.05, 3.63) is 80.8 Å². The van der Waals surface area contributed by atoms with Gasteiger partial charge in [-0.05, 0) is 6.07 Å². The van der Waals surface area contributed by atoms with Crippen LogP contribution in [0.3, 0.4) is 0 Å². The molecular formula is C16H10N2O5S. The molecule has 0 aliphatic heterocycles. The molecule has 0 spiro atoms. The first-order valence-electron chi connectivity index (χ1n) is 6.80. The van der Waals surface area contributed by atoms with Crippen LogP contribution in [0.2, 0.25) is 0 Å². The Labute approximate surface area is 138 Å². The largest absolute Gasteiger partial charge is 0.301 e. The molecule has 0 aromatic heterocycles. The van der Waals surface area contributed by atoms with Crippen LogP contribution in [0.1, 0.15) is 20.7 Å². The van der Waals surface area contributed by atoms with Gasteiger partial charge in [0.15, 0.2) is 16.8 Å². The number of carbonyl (C=O) groups excluding carboxylic acids is 2.